The molecule has 2 aliphatic rings. The van der Waals surface area contributed by atoms with Gasteiger partial charge < -0.3 is 24.7 Å². The van der Waals surface area contributed by atoms with Crippen molar-refractivity contribution < 1.29 is 28.5 Å². The van der Waals surface area contributed by atoms with Crippen LogP contribution in [0.1, 0.15) is 37.7 Å². The van der Waals surface area contributed by atoms with Crippen LogP contribution in [0.4, 0.5) is 0 Å². The van der Waals surface area contributed by atoms with Crippen LogP contribution in [0.2, 0.25) is 0 Å². The average Bonchev–Trinajstić information content (AvgIpc) is 2.67. The van der Waals surface area contributed by atoms with E-state index in [0.29, 0.717) is 58.7 Å². The largest absolute Gasteiger partial charge is 0.493 e. The molecule has 0 radical (unpaired) electrons. The van der Waals surface area contributed by atoms with Crippen LogP contribution in [0.3, 0.4) is 0 Å². The van der Waals surface area contributed by atoms with Gasteiger partial charge in [-0.25, -0.2) is 4.79 Å². The fourth-order valence-electron chi connectivity index (χ4n) is 3.58. The number of methoxy groups -OCH3 is 2. The first-order valence-corrected chi connectivity index (χ1v) is 9.74. The zero-order valence-electron chi connectivity index (χ0n) is 16.0. The summed E-state index contributed by atoms with van der Waals surface area (Å²) in [4.78, 5) is 25.3. The summed E-state index contributed by atoms with van der Waals surface area (Å²) in [5, 5.41) is 0. The van der Waals surface area contributed by atoms with Crippen LogP contribution in [-0.2, 0) is 19.1 Å². The summed E-state index contributed by atoms with van der Waals surface area (Å²) in [6.45, 7) is 2.29. The number of halogens is 1. The molecule has 1 heterocycles. The molecule has 0 bridgehead atoms. The number of carbonyl (C=O) groups is 2. The molecule has 1 aromatic carbocycles. The van der Waals surface area contributed by atoms with Gasteiger partial charge in [-0.2, -0.15) is 0 Å². The highest BCUT2D eigenvalue weighted by Gasteiger charge is 2.42. The lowest BCUT2D eigenvalue weighted by atomic mass is 9.77. The monoisotopic (exact) mass is 451 g/mol. The minimum absolute atomic E-state index is 0.0500. The van der Waals surface area contributed by atoms with Gasteiger partial charge in [0, 0.05) is 22.9 Å². The van der Waals surface area contributed by atoms with Crippen molar-refractivity contribution in [1.29, 1.82) is 0 Å². The SMILES string of the molecule is CCOc1cc([C@H]2C(C(=O)OC)=C(N)OC3=C2C(=O)CCC3)c(Br)cc1OC. The standard InChI is InChI=1S/C20H22BrNO6/c1-4-27-15-8-10(11(21)9-14(15)25-2)16-17-12(23)6-5-7-13(17)28-19(22)18(16)20(24)26-3/h8-9,16H,4-7,22H2,1-3H3/t16-/m1/s1. The molecule has 2 N–H and O–H groups in total. The van der Waals surface area contributed by atoms with Gasteiger partial charge in [-0.15, -0.1) is 0 Å². The molecule has 0 saturated heterocycles. The van der Waals surface area contributed by atoms with Gasteiger partial charge in [-0.05, 0) is 31.0 Å². The Bertz CT molecular complexity index is 889. The smallest absolute Gasteiger partial charge is 0.340 e. The summed E-state index contributed by atoms with van der Waals surface area (Å²) in [7, 11) is 2.81. The second-order valence-electron chi connectivity index (χ2n) is 6.38. The Hall–Kier alpha value is -2.48. The second-order valence-corrected chi connectivity index (χ2v) is 7.23. The van der Waals surface area contributed by atoms with E-state index in [1.807, 2.05) is 6.92 Å². The van der Waals surface area contributed by atoms with E-state index < -0.39 is 11.9 Å². The van der Waals surface area contributed by atoms with Crippen LogP contribution >= 0.6 is 15.9 Å². The van der Waals surface area contributed by atoms with E-state index in [4.69, 9.17) is 24.7 Å². The molecule has 1 aromatic rings. The van der Waals surface area contributed by atoms with Gasteiger partial charge in [-0.3, -0.25) is 4.79 Å². The summed E-state index contributed by atoms with van der Waals surface area (Å²) in [5.74, 6) is 0.0589. The van der Waals surface area contributed by atoms with Gasteiger partial charge in [-0.1, -0.05) is 15.9 Å². The minimum Gasteiger partial charge on any atom is -0.493 e. The molecule has 3 rings (SSSR count). The fourth-order valence-corrected chi connectivity index (χ4v) is 4.13. The number of ether oxygens (including phenoxy) is 4. The molecule has 8 heteroatoms. The number of Topliss-reactive ketones (excluding diaryl/α,β-unsaturated/α-hetero) is 1. The van der Waals surface area contributed by atoms with E-state index in [9.17, 15) is 9.59 Å². The number of benzene rings is 1. The summed E-state index contributed by atoms with van der Waals surface area (Å²) in [6.07, 6.45) is 1.65. The molecule has 1 atom stereocenters. The molecule has 0 unspecified atom stereocenters. The third-order valence-electron chi connectivity index (χ3n) is 4.78. The molecule has 7 nitrogen and oxygen atoms in total. The third kappa shape index (κ3) is 3.48. The van der Waals surface area contributed by atoms with Crippen LogP contribution in [-0.4, -0.2) is 32.6 Å². The summed E-state index contributed by atoms with van der Waals surface area (Å²) < 4.78 is 22.3. The third-order valence-corrected chi connectivity index (χ3v) is 5.47. The first-order chi connectivity index (χ1) is 13.4. The summed E-state index contributed by atoms with van der Waals surface area (Å²) in [6, 6.07) is 3.50. The van der Waals surface area contributed by atoms with Crippen molar-refractivity contribution in [2.75, 3.05) is 20.8 Å². The van der Waals surface area contributed by atoms with Crippen molar-refractivity contribution in [1.82, 2.24) is 0 Å². The van der Waals surface area contributed by atoms with E-state index in [2.05, 4.69) is 15.9 Å². The lowest BCUT2D eigenvalue weighted by Gasteiger charge is -2.33. The van der Waals surface area contributed by atoms with Crippen molar-refractivity contribution in [2.45, 2.75) is 32.1 Å². The zero-order valence-corrected chi connectivity index (χ0v) is 17.6. The van der Waals surface area contributed by atoms with Crippen molar-refractivity contribution in [3.63, 3.8) is 0 Å². The van der Waals surface area contributed by atoms with Gasteiger partial charge in [0.05, 0.1) is 26.7 Å². The Morgan fingerprint density at radius 2 is 2.04 bits per heavy atom. The fraction of sp³-hybridized carbons (Fsp3) is 0.400. The number of esters is 1. The van der Waals surface area contributed by atoms with Gasteiger partial charge in [0.2, 0.25) is 5.88 Å². The number of carbonyl (C=O) groups excluding carboxylic acids is 2. The number of nitrogens with two attached hydrogens (primary N) is 1. The Kier molecular flexibility index (Phi) is 5.98. The van der Waals surface area contributed by atoms with E-state index in [1.165, 1.54) is 7.11 Å². The van der Waals surface area contributed by atoms with Gasteiger partial charge in [0.1, 0.15) is 11.3 Å². The molecule has 0 fully saturated rings. The molecule has 0 amide bonds. The van der Waals surface area contributed by atoms with Crippen molar-refractivity contribution >= 4 is 27.7 Å². The first-order valence-electron chi connectivity index (χ1n) is 8.95. The maximum Gasteiger partial charge on any atom is 0.340 e. The first kappa shape index (κ1) is 20.3. The lowest BCUT2D eigenvalue weighted by Crippen LogP contribution is -2.31. The quantitative estimate of drug-likeness (QED) is 0.685. The topological polar surface area (TPSA) is 97.1 Å². The highest BCUT2D eigenvalue weighted by atomic mass is 79.9. The highest BCUT2D eigenvalue weighted by Crippen LogP contribution is 2.48. The predicted octanol–water partition coefficient (Wildman–Crippen LogP) is 3.32. The number of ketones is 1. The predicted molar refractivity (Wildman–Crippen MR) is 105 cm³/mol. The van der Waals surface area contributed by atoms with E-state index in [1.54, 1.807) is 19.2 Å². The lowest BCUT2D eigenvalue weighted by molar-refractivity contribution is -0.136. The highest BCUT2D eigenvalue weighted by molar-refractivity contribution is 9.10. The Balaban J connectivity index is 2.25. The molecular weight excluding hydrogens is 430 g/mol. The molecule has 1 aliphatic heterocycles. The van der Waals surface area contributed by atoms with Crippen LogP contribution in [0.25, 0.3) is 0 Å². The zero-order chi connectivity index (χ0) is 20.4. The number of hydrogen-bond donors (Lipinski definition) is 1. The van der Waals surface area contributed by atoms with Crippen molar-refractivity contribution in [3.05, 3.63) is 45.0 Å². The maximum absolute atomic E-state index is 12.8. The normalized spacial score (nSPS) is 19.1. The summed E-state index contributed by atoms with van der Waals surface area (Å²) in [5.41, 5.74) is 7.27. The number of rotatable bonds is 5. The number of hydrogen-bond acceptors (Lipinski definition) is 7. The van der Waals surface area contributed by atoms with E-state index in [-0.39, 0.29) is 17.2 Å². The Labute approximate surface area is 171 Å². The van der Waals surface area contributed by atoms with Gasteiger partial charge >= 0.3 is 5.97 Å². The Morgan fingerprint density at radius 1 is 1.29 bits per heavy atom. The summed E-state index contributed by atoms with van der Waals surface area (Å²) >= 11 is 3.54. The minimum atomic E-state index is -0.719. The molecule has 1 aliphatic carbocycles. The molecule has 0 spiro atoms. The van der Waals surface area contributed by atoms with E-state index >= 15 is 0 Å². The molecule has 0 aromatic heterocycles. The maximum atomic E-state index is 12.8. The molecular formula is C20H22BrNO6. The van der Waals surface area contributed by atoms with Crippen LogP contribution in [0.5, 0.6) is 11.5 Å². The van der Waals surface area contributed by atoms with Crippen molar-refractivity contribution in [2.24, 2.45) is 5.73 Å². The van der Waals surface area contributed by atoms with Crippen LogP contribution in [0.15, 0.2) is 39.4 Å². The molecule has 0 saturated carbocycles. The number of allylic oxidation sites excluding steroid dienone is 2. The van der Waals surface area contributed by atoms with Crippen LogP contribution in [0, 0.1) is 0 Å². The second kappa shape index (κ2) is 8.26. The van der Waals surface area contributed by atoms with Gasteiger partial charge in [0.15, 0.2) is 17.3 Å². The van der Waals surface area contributed by atoms with Crippen LogP contribution < -0.4 is 15.2 Å². The average molecular weight is 452 g/mol. The Morgan fingerprint density at radius 3 is 2.68 bits per heavy atom. The molecule has 28 heavy (non-hydrogen) atoms. The van der Waals surface area contributed by atoms with Gasteiger partial charge in [0.25, 0.3) is 0 Å². The van der Waals surface area contributed by atoms with Crippen molar-refractivity contribution in [3.8, 4) is 11.5 Å². The van der Waals surface area contributed by atoms with E-state index in [0.717, 1.165) is 0 Å². The molecule has 150 valence electrons.